The highest BCUT2D eigenvalue weighted by molar-refractivity contribution is 7.89. The number of sulfonamides is 1. The molecule has 3 rings (SSSR count). The highest BCUT2D eigenvalue weighted by atomic mass is 32.2. The van der Waals surface area contributed by atoms with E-state index in [2.05, 4.69) is 17.0 Å². The van der Waals surface area contributed by atoms with Crippen LogP contribution in [0.4, 0.5) is 5.69 Å². The Morgan fingerprint density at radius 1 is 1.39 bits per heavy atom. The van der Waals surface area contributed by atoms with Crippen molar-refractivity contribution in [1.82, 2.24) is 4.72 Å². The van der Waals surface area contributed by atoms with E-state index in [-0.39, 0.29) is 6.04 Å². The minimum atomic E-state index is -3.35. The van der Waals surface area contributed by atoms with Crippen LogP contribution in [0.3, 0.4) is 0 Å². The second-order valence-electron chi connectivity index (χ2n) is 5.29. The van der Waals surface area contributed by atoms with Crippen LogP contribution >= 0.6 is 0 Å². The van der Waals surface area contributed by atoms with Crippen molar-refractivity contribution in [2.45, 2.75) is 37.1 Å². The highest BCUT2D eigenvalue weighted by Crippen LogP contribution is 2.31. The maximum atomic E-state index is 12.2. The summed E-state index contributed by atoms with van der Waals surface area (Å²) in [7, 11) is -3.35. The van der Waals surface area contributed by atoms with Gasteiger partial charge < -0.3 is 5.32 Å². The first-order chi connectivity index (χ1) is 8.56. The Morgan fingerprint density at radius 2 is 2.17 bits per heavy atom. The number of benzene rings is 1. The normalized spacial score (nSPS) is 26.3. The smallest absolute Gasteiger partial charge is 0.240 e. The van der Waals surface area contributed by atoms with Gasteiger partial charge in [-0.3, -0.25) is 0 Å². The molecule has 0 saturated heterocycles. The van der Waals surface area contributed by atoms with Crippen molar-refractivity contribution in [3.8, 4) is 0 Å². The average molecular weight is 266 g/mol. The third kappa shape index (κ3) is 2.24. The van der Waals surface area contributed by atoms with Crippen LogP contribution in [-0.2, 0) is 16.4 Å². The summed E-state index contributed by atoms with van der Waals surface area (Å²) >= 11 is 0. The predicted molar refractivity (Wildman–Crippen MR) is 71.1 cm³/mol. The lowest BCUT2D eigenvalue weighted by molar-refractivity contribution is 0.578. The number of nitrogens with one attached hydrogen (secondary N) is 2. The van der Waals surface area contributed by atoms with Crippen molar-refractivity contribution in [2.24, 2.45) is 5.92 Å². The monoisotopic (exact) mass is 266 g/mol. The quantitative estimate of drug-likeness (QED) is 0.876. The molecule has 18 heavy (non-hydrogen) atoms. The Morgan fingerprint density at radius 3 is 2.89 bits per heavy atom. The summed E-state index contributed by atoms with van der Waals surface area (Å²) in [4.78, 5) is 0.370. The number of hydrogen-bond donors (Lipinski definition) is 2. The minimum Gasteiger partial charge on any atom is -0.385 e. The summed E-state index contributed by atoms with van der Waals surface area (Å²) in [6.45, 7) is 2.98. The molecule has 4 nitrogen and oxygen atoms in total. The fraction of sp³-hybridized carbons (Fsp3) is 0.538. The molecule has 0 spiro atoms. The van der Waals surface area contributed by atoms with Gasteiger partial charge in [0.25, 0.3) is 0 Å². The van der Waals surface area contributed by atoms with E-state index in [4.69, 9.17) is 0 Å². The van der Waals surface area contributed by atoms with E-state index in [0.717, 1.165) is 31.5 Å². The van der Waals surface area contributed by atoms with Gasteiger partial charge in [-0.2, -0.15) is 0 Å². The van der Waals surface area contributed by atoms with E-state index < -0.39 is 10.0 Å². The molecule has 5 heteroatoms. The third-order valence-electron chi connectivity index (χ3n) is 3.75. The minimum absolute atomic E-state index is 0.124. The second-order valence-corrected chi connectivity index (χ2v) is 7.00. The van der Waals surface area contributed by atoms with Crippen LogP contribution in [-0.4, -0.2) is 21.0 Å². The molecule has 1 heterocycles. The van der Waals surface area contributed by atoms with Crippen LogP contribution in [0.1, 0.15) is 25.3 Å². The lowest BCUT2D eigenvalue weighted by Gasteiger charge is -2.18. The van der Waals surface area contributed by atoms with E-state index in [1.54, 1.807) is 12.1 Å². The molecule has 0 radical (unpaired) electrons. The molecule has 0 aromatic heterocycles. The molecule has 0 amide bonds. The molecular weight excluding hydrogens is 248 g/mol. The first-order valence-corrected chi connectivity index (χ1v) is 7.94. The Labute approximate surface area is 108 Å². The van der Waals surface area contributed by atoms with Gasteiger partial charge in [-0.25, -0.2) is 13.1 Å². The van der Waals surface area contributed by atoms with Crippen molar-refractivity contribution in [3.05, 3.63) is 23.8 Å². The van der Waals surface area contributed by atoms with Gasteiger partial charge in [-0.15, -0.1) is 0 Å². The molecule has 1 aromatic rings. The molecular formula is C13H18N2O2S. The van der Waals surface area contributed by atoms with Gasteiger partial charge in [0.05, 0.1) is 4.90 Å². The van der Waals surface area contributed by atoms with Crippen LogP contribution in [0.15, 0.2) is 23.1 Å². The summed E-state index contributed by atoms with van der Waals surface area (Å²) < 4.78 is 27.1. The average Bonchev–Trinajstić information content (AvgIpc) is 3.03. The molecule has 0 bridgehead atoms. The van der Waals surface area contributed by atoms with Crippen molar-refractivity contribution in [2.75, 3.05) is 11.9 Å². The zero-order chi connectivity index (χ0) is 12.8. The van der Waals surface area contributed by atoms with Crippen molar-refractivity contribution >= 4 is 15.7 Å². The molecule has 1 aromatic carbocycles. The van der Waals surface area contributed by atoms with Crippen molar-refractivity contribution < 1.29 is 8.42 Å². The van der Waals surface area contributed by atoms with E-state index in [1.807, 2.05) is 6.07 Å². The summed E-state index contributed by atoms with van der Waals surface area (Å²) in [5, 5.41) is 3.26. The van der Waals surface area contributed by atoms with Crippen LogP contribution in [0.5, 0.6) is 0 Å². The third-order valence-corrected chi connectivity index (χ3v) is 5.23. The Kier molecular flexibility index (Phi) is 2.83. The lowest BCUT2D eigenvalue weighted by atomic mass is 10.0. The molecule has 1 aliphatic carbocycles. The molecule has 1 saturated carbocycles. The van der Waals surface area contributed by atoms with E-state index in [9.17, 15) is 8.42 Å². The number of fused-ring (bicyclic) bond motifs is 1. The van der Waals surface area contributed by atoms with Gasteiger partial charge >= 0.3 is 0 Å². The fourth-order valence-electron chi connectivity index (χ4n) is 2.36. The van der Waals surface area contributed by atoms with Crippen LogP contribution < -0.4 is 10.0 Å². The predicted octanol–water partition coefficient (Wildman–Crippen LogP) is 1.73. The first-order valence-electron chi connectivity index (χ1n) is 6.45. The van der Waals surface area contributed by atoms with Gasteiger partial charge in [-0.05, 0) is 42.9 Å². The Bertz CT molecular complexity index is 568. The Hall–Kier alpha value is -1.07. The van der Waals surface area contributed by atoms with Crippen molar-refractivity contribution in [3.63, 3.8) is 0 Å². The molecule has 2 unspecified atom stereocenters. The Balaban J connectivity index is 1.87. The summed E-state index contributed by atoms with van der Waals surface area (Å²) in [5.74, 6) is 0.468. The zero-order valence-corrected chi connectivity index (χ0v) is 11.3. The summed E-state index contributed by atoms with van der Waals surface area (Å²) in [5.41, 5.74) is 2.17. The number of rotatable bonds is 3. The lowest BCUT2D eigenvalue weighted by Crippen LogP contribution is -2.27. The largest absolute Gasteiger partial charge is 0.385 e. The SMILES string of the molecule is CC1CC1NS(=O)(=O)c1ccc2c(c1)NCCC2. The standard InChI is InChI=1S/C13H18N2O2S/c1-9-7-12(9)15-18(16,17)11-5-4-10-3-2-6-14-13(10)8-11/h4-5,8-9,12,14-15H,2-3,6-7H2,1H3. The molecule has 2 aliphatic rings. The van der Waals surface area contributed by atoms with Gasteiger partial charge in [0.2, 0.25) is 10.0 Å². The maximum Gasteiger partial charge on any atom is 0.240 e. The first kappa shape index (κ1) is 12.0. The molecule has 2 atom stereocenters. The fourth-order valence-corrected chi connectivity index (χ4v) is 3.74. The molecule has 1 fully saturated rings. The number of hydrogen-bond acceptors (Lipinski definition) is 3. The second kappa shape index (κ2) is 4.24. The number of anilines is 1. The van der Waals surface area contributed by atoms with Gasteiger partial charge in [0, 0.05) is 18.3 Å². The van der Waals surface area contributed by atoms with Gasteiger partial charge in [-0.1, -0.05) is 13.0 Å². The van der Waals surface area contributed by atoms with E-state index >= 15 is 0 Å². The maximum absolute atomic E-state index is 12.2. The molecule has 1 aliphatic heterocycles. The summed E-state index contributed by atoms with van der Waals surface area (Å²) in [6.07, 6.45) is 3.08. The number of aryl methyl sites for hydroxylation is 1. The molecule has 98 valence electrons. The topological polar surface area (TPSA) is 58.2 Å². The van der Waals surface area contributed by atoms with Gasteiger partial charge in [0.1, 0.15) is 0 Å². The van der Waals surface area contributed by atoms with Crippen LogP contribution in [0, 0.1) is 5.92 Å². The van der Waals surface area contributed by atoms with Crippen LogP contribution in [0.25, 0.3) is 0 Å². The molecule has 2 N–H and O–H groups in total. The summed E-state index contributed by atoms with van der Waals surface area (Å²) in [6, 6.07) is 5.51. The van der Waals surface area contributed by atoms with Gasteiger partial charge in [0.15, 0.2) is 0 Å². The zero-order valence-electron chi connectivity index (χ0n) is 10.4. The van der Waals surface area contributed by atoms with E-state index in [0.29, 0.717) is 10.8 Å². The highest BCUT2D eigenvalue weighted by Gasteiger charge is 2.36. The van der Waals surface area contributed by atoms with Crippen molar-refractivity contribution in [1.29, 1.82) is 0 Å². The van der Waals surface area contributed by atoms with E-state index in [1.165, 1.54) is 5.56 Å². The van der Waals surface area contributed by atoms with Crippen LogP contribution in [0.2, 0.25) is 0 Å².